The summed E-state index contributed by atoms with van der Waals surface area (Å²) in [4.78, 5) is 38.9. The summed E-state index contributed by atoms with van der Waals surface area (Å²) in [5.41, 5.74) is 4.96. The number of carbonyl (C=O) groups is 2. The average molecular weight is 639 g/mol. The molecule has 14 heteroatoms. The Balaban J connectivity index is 0.000000185. The Morgan fingerprint density at radius 1 is 0.702 bits per heavy atom. The lowest BCUT2D eigenvalue weighted by Gasteiger charge is -2.10. The molecule has 0 aliphatic heterocycles. The quantitative estimate of drug-likeness (QED) is 0.160. The van der Waals surface area contributed by atoms with Crippen molar-refractivity contribution >= 4 is 34.9 Å². The van der Waals surface area contributed by atoms with E-state index < -0.39 is 11.9 Å². The van der Waals surface area contributed by atoms with E-state index in [0.29, 0.717) is 17.3 Å². The van der Waals surface area contributed by atoms with Gasteiger partial charge in [0, 0.05) is 48.3 Å². The number of esters is 1. The van der Waals surface area contributed by atoms with Gasteiger partial charge in [0.05, 0.1) is 18.5 Å². The predicted molar refractivity (Wildman–Crippen MR) is 170 cm³/mol. The van der Waals surface area contributed by atoms with Crippen LogP contribution in [0.1, 0.15) is 32.1 Å². The van der Waals surface area contributed by atoms with Crippen molar-refractivity contribution in [1.29, 1.82) is 0 Å². The summed E-state index contributed by atoms with van der Waals surface area (Å²) >= 11 is 0. The number of aromatic carboxylic acids is 1. The van der Waals surface area contributed by atoms with Crippen LogP contribution in [0.2, 0.25) is 0 Å². The van der Waals surface area contributed by atoms with Gasteiger partial charge in [-0.1, -0.05) is 0 Å². The summed E-state index contributed by atoms with van der Waals surface area (Å²) in [6.45, 7) is 3.77. The van der Waals surface area contributed by atoms with Crippen LogP contribution in [0.15, 0.2) is 98.1 Å². The van der Waals surface area contributed by atoms with Crippen molar-refractivity contribution in [1.82, 2.24) is 29.1 Å². The van der Waals surface area contributed by atoms with E-state index in [1.807, 2.05) is 19.9 Å². The molecule has 0 aliphatic rings. The van der Waals surface area contributed by atoms with Gasteiger partial charge in [-0.2, -0.15) is 0 Å². The number of pyridine rings is 2. The Bertz CT molecular complexity index is 2030. The molecule has 238 valence electrons. The van der Waals surface area contributed by atoms with Gasteiger partial charge in [-0.25, -0.2) is 38.3 Å². The normalized spacial score (nSPS) is 10.5. The fraction of sp³-hybridized carbons (Fsp3) is 0.0909. The van der Waals surface area contributed by atoms with Crippen molar-refractivity contribution in [2.45, 2.75) is 13.8 Å². The Hall–Kier alpha value is -6.44. The van der Waals surface area contributed by atoms with Crippen molar-refractivity contribution < 1.29 is 28.2 Å². The standard InChI is InChI=1S/C17H15FN4O2.C16H13FN4O2/c1-11-8-19-16(21-13-5-3-12(18)4-6-13)7-15(11)22-9-14(20-10-22)17(23)24-2;1-10-7-18-15(20-12-4-2-11(17)3-5-12)6-14(10)21-8-13(16(22)23)19-9-21/h3-10H,1-2H3,(H,19,21);2-9H,1H3,(H,18,20)(H,22,23). The van der Waals surface area contributed by atoms with Gasteiger partial charge in [0.1, 0.15) is 35.9 Å². The molecule has 0 unspecified atom stereocenters. The number of anilines is 4. The molecule has 0 atom stereocenters. The van der Waals surface area contributed by atoms with Crippen LogP contribution in [0.3, 0.4) is 0 Å². The summed E-state index contributed by atoms with van der Waals surface area (Å²) < 4.78 is 33.9. The van der Waals surface area contributed by atoms with Crippen LogP contribution in [-0.2, 0) is 4.74 Å². The molecule has 12 nitrogen and oxygen atoms in total. The molecule has 0 spiro atoms. The summed E-state index contributed by atoms with van der Waals surface area (Å²) in [5, 5.41) is 15.1. The zero-order chi connectivity index (χ0) is 33.5. The summed E-state index contributed by atoms with van der Waals surface area (Å²) in [6, 6.07) is 15.5. The Morgan fingerprint density at radius 2 is 1.13 bits per heavy atom. The molecule has 6 aromatic rings. The van der Waals surface area contributed by atoms with Crippen LogP contribution in [0.25, 0.3) is 11.4 Å². The van der Waals surface area contributed by atoms with Crippen molar-refractivity contribution in [3.8, 4) is 11.4 Å². The van der Waals surface area contributed by atoms with Gasteiger partial charge in [-0.3, -0.25) is 0 Å². The van der Waals surface area contributed by atoms with Gasteiger partial charge in [-0.15, -0.1) is 0 Å². The number of carbonyl (C=O) groups excluding carboxylic acids is 1. The average Bonchev–Trinajstić information content (AvgIpc) is 3.76. The van der Waals surface area contributed by atoms with Crippen molar-refractivity contribution in [2.75, 3.05) is 17.7 Å². The largest absolute Gasteiger partial charge is 0.476 e. The number of aromatic nitrogens is 6. The van der Waals surface area contributed by atoms with E-state index in [1.54, 1.807) is 58.1 Å². The Kier molecular flexibility index (Phi) is 9.60. The number of ether oxygens (including phenoxy) is 1. The first-order chi connectivity index (χ1) is 22.6. The van der Waals surface area contributed by atoms with Crippen LogP contribution in [-0.4, -0.2) is 53.2 Å². The SMILES string of the molecule is COC(=O)c1cn(-c2cc(Nc3ccc(F)cc3)ncc2C)cn1.Cc1cnc(Nc2ccc(F)cc2)cc1-n1cnc(C(=O)O)c1. The molecular formula is C33H28F2N8O4. The maximum absolute atomic E-state index is 13.0. The van der Waals surface area contributed by atoms with Crippen molar-refractivity contribution in [3.63, 3.8) is 0 Å². The zero-order valence-electron chi connectivity index (χ0n) is 25.3. The third kappa shape index (κ3) is 7.99. The molecule has 0 aliphatic carbocycles. The van der Waals surface area contributed by atoms with Crippen LogP contribution in [0.5, 0.6) is 0 Å². The van der Waals surface area contributed by atoms with Gasteiger partial charge < -0.3 is 29.6 Å². The monoisotopic (exact) mass is 638 g/mol. The van der Waals surface area contributed by atoms with Gasteiger partial charge >= 0.3 is 11.9 Å². The Labute approximate surface area is 267 Å². The van der Waals surface area contributed by atoms with E-state index in [4.69, 9.17) is 5.11 Å². The molecule has 6 rings (SSSR count). The van der Waals surface area contributed by atoms with Crippen LogP contribution in [0, 0.1) is 25.5 Å². The molecule has 0 saturated heterocycles. The second-order valence-electron chi connectivity index (χ2n) is 10.1. The summed E-state index contributed by atoms with van der Waals surface area (Å²) in [7, 11) is 1.31. The zero-order valence-corrected chi connectivity index (χ0v) is 25.3. The number of rotatable bonds is 8. The number of halogens is 2. The number of aryl methyl sites for hydroxylation is 2. The lowest BCUT2D eigenvalue weighted by molar-refractivity contribution is 0.0593. The van der Waals surface area contributed by atoms with Crippen LogP contribution < -0.4 is 10.6 Å². The first-order valence-corrected chi connectivity index (χ1v) is 14.0. The second-order valence-corrected chi connectivity index (χ2v) is 10.1. The van der Waals surface area contributed by atoms with E-state index >= 15 is 0 Å². The smallest absolute Gasteiger partial charge is 0.358 e. The first kappa shape index (κ1) is 32.0. The van der Waals surface area contributed by atoms with Gasteiger partial charge in [0.15, 0.2) is 11.4 Å². The highest BCUT2D eigenvalue weighted by molar-refractivity contribution is 5.87. The van der Waals surface area contributed by atoms with E-state index in [9.17, 15) is 18.4 Å². The number of nitrogens with one attached hydrogen (secondary N) is 2. The fourth-order valence-electron chi connectivity index (χ4n) is 4.31. The van der Waals surface area contributed by atoms with Gasteiger partial charge in [0.25, 0.3) is 0 Å². The minimum absolute atomic E-state index is 0.0331. The molecule has 2 aromatic carbocycles. The molecule has 0 fully saturated rings. The van der Waals surface area contributed by atoms with E-state index in [0.717, 1.165) is 28.2 Å². The number of nitrogens with zero attached hydrogens (tertiary/aromatic N) is 6. The van der Waals surface area contributed by atoms with E-state index in [-0.39, 0.29) is 23.0 Å². The number of methoxy groups -OCH3 is 1. The lowest BCUT2D eigenvalue weighted by atomic mass is 10.2. The number of hydrogen-bond donors (Lipinski definition) is 3. The number of carboxylic acid groups (broad SMARTS) is 1. The number of imidazole rings is 2. The molecule has 0 bridgehead atoms. The molecular weight excluding hydrogens is 610 g/mol. The van der Waals surface area contributed by atoms with Gasteiger partial charge in [0.2, 0.25) is 0 Å². The topological polar surface area (TPSA) is 149 Å². The second kappa shape index (κ2) is 14.1. The van der Waals surface area contributed by atoms with E-state index in [1.165, 1.54) is 50.2 Å². The fourth-order valence-corrected chi connectivity index (χ4v) is 4.31. The molecule has 0 amide bonds. The molecule has 4 aromatic heterocycles. The number of hydrogen-bond acceptors (Lipinski definition) is 9. The third-order valence-corrected chi connectivity index (χ3v) is 6.72. The summed E-state index contributed by atoms with van der Waals surface area (Å²) in [5.74, 6) is -1.04. The van der Waals surface area contributed by atoms with Crippen LogP contribution >= 0.6 is 0 Å². The minimum Gasteiger partial charge on any atom is -0.476 e. The van der Waals surface area contributed by atoms with Crippen LogP contribution in [0.4, 0.5) is 31.8 Å². The molecule has 47 heavy (non-hydrogen) atoms. The maximum atomic E-state index is 13.0. The molecule has 4 heterocycles. The first-order valence-electron chi connectivity index (χ1n) is 14.0. The molecule has 0 saturated carbocycles. The Morgan fingerprint density at radius 3 is 1.53 bits per heavy atom. The lowest BCUT2D eigenvalue weighted by Crippen LogP contribution is -2.02. The third-order valence-electron chi connectivity index (χ3n) is 6.72. The highest BCUT2D eigenvalue weighted by atomic mass is 19.1. The summed E-state index contributed by atoms with van der Waals surface area (Å²) in [6.07, 6.45) is 9.38. The number of benzene rings is 2. The number of carboxylic acids is 1. The van der Waals surface area contributed by atoms with Crippen molar-refractivity contribution in [2.24, 2.45) is 0 Å². The molecule has 3 N–H and O–H groups in total. The highest BCUT2D eigenvalue weighted by Gasteiger charge is 2.13. The van der Waals surface area contributed by atoms with Gasteiger partial charge in [-0.05, 0) is 73.5 Å². The van der Waals surface area contributed by atoms with E-state index in [2.05, 4.69) is 35.3 Å². The molecule has 0 radical (unpaired) electrons. The highest BCUT2D eigenvalue weighted by Crippen LogP contribution is 2.22. The van der Waals surface area contributed by atoms with Crippen molar-refractivity contribution in [3.05, 3.63) is 132 Å². The predicted octanol–water partition coefficient (Wildman–Crippen LogP) is 6.40. The maximum Gasteiger partial charge on any atom is 0.358 e. The minimum atomic E-state index is -1.08.